The van der Waals surface area contributed by atoms with Crippen LogP contribution in [0.4, 0.5) is 18.9 Å². The molecule has 1 aromatic carbocycles. The minimum Gasteiger partial charge on any atom is -0.382 e. The maximum absolute atomic E-state index is 12.8. The van der Waals surface area contributed by atoms with Crippen LogP contribution in [0.1, 0.15) is 32.3 Å². The fourth-order valence-electron chi connectivity index (χ4n) is 1.65. The van der Waals surface area contributed by atoms with E-state index in [1.54, 1.807) is 0 Å². The van der Waals surface area contributed by atoms with Gasteiger partial charge in [-0.05, 0) is 31.5 Å². The van der Waals surface area contributed by atoms with Crippen molar-refractivity contribution in [3.63, 3.8) is 0 Å². The average molecular weight is 266 g/mol. The Hall–Kier alpha value is -0.900. The van der Waals surface area contributed by atoms with Gasteiger partial charge in [-0.25, -0.2) is 0 Å². The van der Waals surface area contributed by atoms with Crippen molar-refractivity contribution < 1.29 is 13.2 Å². The van der Waals surface area contributed by atoms with E-state index in [2.05, 4.69) is 5.32 Å². The van der Waals surface area contributed by atoms with Gasteiger partial charge in [0, 0.05) is 16.8 Å². The molecule has 0 aliphatic rings. The van der Waals surface area contributed by atoms with E-state index in [-0.39, 0.29) is 16.8 Å². The molecule has 1 atom stereocenters. The van der Waals surface area contributed by atoms with E-state index in [1.807, 2.05) is 13.8 Å². The Morgan fingerprint density at radius 3 is 2.53 bits per heavy atom. The Balaban J connectivity index is 2.99. The summed E-state index contributed by atoms with van der Waals surface area (Å²) in [6.07, 6.45) is -2.65. The van der Waals surface area contributed by atoms with Crippen molar-refractivity contribution in [2.24, 2.45) is 0 Å². The van der Waals surface area contributed by atoms with Gasteiger partial charge in [-0.2, -0.15) is 13.2 Å². The first-order valence-electron chi connectivity index (χ1n) is 5.48. The highest BCUT2D eigenvalue weighted by atomic mass is 35.5. The van der Waals surface area contributed by atoms with E-state index in [0.29, 0.717) is 0 Å². The first kappa shape index (κ1) is 14.2. The summed E-state index contributed by atoms with van der Waals surface area (Å²) in [6, 6.07) is 3.78. The molecule has 1 nitrogen and oxygen atoms in total. The topological polar surface area (TPSA) is 12.0 Å². The van der Waals surface area contributed by atoms with Crippen LogP contribution in [0.5, 0.6) is 0 Å². The molecule has 0 radical (unpaired) electrons. The van der Waals surface area contributed by atoms with Crippen LogP contribution in [-0.4, -0.2) is 6.04 Å². The standard InChI is InChI=1S/C12H15ClF3N/c1-3-4-8(2)17-11-6-5-9(13)7-10(11)12(14,15)16/h5-8,17H,3-4H2,1-2H3. The van der Waals surface area contributed by atoms with Crippen LogP contribution < -0.4 is 5.32 Å². The molecular formula is C12H15ClF3N. The van der Waals surface area contributed by atoms with Crippen LogP contribution in [0.2, 0.25) is 5.02 Å². The maximum atomic E-state index is 12.8. The number of alkyl halides is 3. The van der Waals surface area contributed by atoms with Crippen molar-refractivity contribution in [1.29, 1.82) is 0 Å². The smallest absolute Gasteiger partial charge is 0.382 e. The fourth-order valence-corrected chi connectivity index (χ4v) is 1.82. The summed E-state index contributed by atoms with van der Waals surface area (Å²) >= 11 is 5.59. The summed E-state index contributed by atoms with van der Waals surface area (Å²) in [5.41, 5.74) is -0.629. The molecule has 17 heavy (non-hydrogen) atoms. The highest BCUT2D eigenvalue weighted by Gasteiger charge is 2.33. The van der Waals surface area contributed by atoms with Gasteiger partial charge in [0.25, 0.3) is 0 Å². The number of halogens is 4. The quantitative estimate of drug-likeness (QED) is 0.811. The summed E-state index contributed by atoms with van der Waals surface area (Å²) in [5, 5.41) is 2.96. The van der Waals surface area contributed by atoms with Crippen LogP contribution in [0.25, 0.3) is 0 Å². The monoisotopic (exact) mass is 265 g/mol. The van der Waals surface area contributed by atoms with Gasteiger partial charge >= 0.3 is 6.18 Å². The molecule has 1 unspecified atom stereocenters. The van der Waals surface area contributed by atoms with Gasteiger partial charge in [-0.1, -0.05) is 24.9 Å². The number of hydrogen-bond acceptors (Lipinski definition) is 1. The van der Waals surface area contributed by atoms with Crippen molar-refractivity contribution in [3.8, 4) is 0 Å². The van der Waals surface area contributed by atoms with Crippen LogP contribution >= 0.6 is 11.6 Å². The molecule has 0 amide bonds. The van der Waals surface area contributed by atoms with E-state index in [0.717, 1.165) is 18.9 Å². The van der Waals surface area contributed by atoms with Gasteiger partial charge in [0.15, 0.2) is 0 Å². The van der Waals surface area contributed by atoms with Gasteiger partial charge in [0.05, 0.1) is 5.56 Å². The second-order valence-corrected chi connectivity index (χ2v) is 4.46. The van der Waals surface area contributed by atoms with Crippen molar-refractivity contribution in [2.45, 2.75) is 38.9 Å². The number of anilines is 1. The molecule has 0 saturated heterocycles. The lowest BCUT2D eigenvalue weighted by Crippen LogP contribution is -2.18. The molecule has 0 aliphatic heterocycles. The summed E-state index contributed by atoms with van der Waals surface area (Å²) in [4.78, 5) is 0. The first-order valence-corrected chi connectivity index (χ1v) is 5.85. The predicted molar refractivity (Wildman–Crippen MR) is 64.4 cm³/mol. The van der Waals surface area contributed by atoms with Crippen molar-refractivity contribution in [2.75, 3.05) is 5.32 Å². The Bertz CT molecular complexity index is 377. The number of hydrogen-bond donors (Lipinski definition) is 1. The van der Waals surface area contributed by atoms with Gasteiger partial charge < -0.3 is 5.32 Å². The van der Waals surface area contributed by atoms with E-state index in [9.17, 15) is 13.2 Å². The summed E-state index contributed by atoms with van der Waals surface area (Å²) in [6.45, 7) is 3.85. The molecule has 1 rings (SSSR count). The molecule has 0 heterocycles. The van der Waals surface area contributed by atoms with Gasteiger partial charge in [0.2, 0.25) is 0 Å². The molecule has 0 spiro atoms. The summed E-state index contributed by atoms with van der Waals surface area (Å²) < 4.78 is 38.3. The fraction of sp³-hybridized carbons (Fsp3) is 0.500. The zero-order chi connectivity index (χ0) is 13.1. The first-order chi connectivity index (χ1) is 7.84. The molecule has 0 fully saturated rings. The average Bonchev–Trinajstić information content (AvgIpc) is 2.19. The lowest BCUT2D eigenvalue weighted by molar-refractivity contribution is -0.137. The Kier molecular flexibility index (Phi) is 4.69. The Morgan fingerprint density at radius 1 is 1.35 bits per heavy atom. The number of benzene rings is 1. The zero-order valence-electron chi connectivity index (χ0n) is 9.74. The predicted octanol–water partition coefficient (Wildman–Crippen LogP) is 4.96. The van der Waals surface area contributed by atoms with Crippen molar-refractivity contribution >= 4 is 17.3 Å². The molecule has 5 heteroatoms. The van der Waals surface area contributed by atoms with Crippen LogP contribution in [-0.2, 0) is 6.18 Å². The molecule has 96 valence electrons. The van der Waals surface area contributed by atoms with Crippen LogP contribution in [0.3, 0.4) is 0 Å². The summed E-state index contributed by atoms with van der Waals surface area (Å²) in [5.74, 6) is 0. The third kappa shape index (κ3) is 4.11. The van der Waals surface area contributed by atoms with E-state index >= 15 is 0 Å². The lowest BCUT2D eigenvalue weighted by Gasteiger charge is -2.19. The lowest BCUT2D eigenvalue weighted by atomic mass is 10.1. The third-order valence-corrected chi connectivity index (χ3v) is 2.65. The zero-order valence-corrected chi connectivity index (χ0v) is 10.5. The van der Waals surface area contributed by atoms with Crippen molar-refractivity contribution in [3.05, 3.63) is 28.8 Å². The molecule has 0 aromatic heterocycles. The molecule has 0 bridgehead atoms. The highest BCUT2D eigenvalue weighted by Crippen LogP contribution is 2.36. The maximum Gasteiger partial charge on any atom is 0.418 e. The van der Waals surface area contributed by atoms with E-state index in [1.165, 1.54) is 12.1 Å². The van der Waals surface area contributed by atoms with Gasteiger partial charge in [0.1, 0.15) is 0 Å². The van der Waals surface area contributed by atoms with E-state index < -0.39 is 11.7 Å². The highest BCUT2D eigenvalue weighted by molar-refractivity contribution is 6.30. The van der Waals surface area contributed by atoms with Gasteiger partial charge in [-0.3, -0.25) is 0 Å². The molecule has 1 N–H and O–H groups in total. The van der Waals surface area contributed by atoms with Crippen LogP contribution in [0, 0.1) is 0 Å². The summed E-state index contributed by atoms with van der Waals surface area (Å²) in [7, 11) is 0. The van der Waals surface area contributed by atoms with Crippen molar-refractivity contribution in [1.82, 2.24) is 0 Å². The van der Waals surface area contributed by atoms with Crippen LogP contribution in [0.15, 0.2) is 18.2 Å². The molecular weight excluding hydrogens is 251 g/mol. The Labute approximate surface area is 104 Å². The second kappa shape index (κ2) is 5.63. The normalized spacial score (nSPS) is 13.5. The second-order valence-electron chi connectivity index (χ2n) is 4.02. The number of nitrogens with one attached hydrogen (secondary N) is 1. The molecule has 1 aromatic rings. The van der Waals surface area contributed by atoms with E-state index in [4.69, 9.17) is 11.6 Å². The minimum absolute atomic E-state index is 0.00211. The minimum atomic E-state index is -4.39. The largest absolute Gasteiger partial charge is 0.418 e. The molecule has 0 aliphatic carbocycles. The van der Waals surface area contributed by atoms with Gasteiger partial charge in [-0.15, -0.1) is 0 Å². The Morgan fingerprint density at radius 2 is 2.00 bits per heavy atom. The SMILES string of the molecule is CCCC(C)Nc1ccc(Cl)cc1C(F)(F)F. The molecule has 0 saturated carbocycles. The third-order valence-electron chi connectivity index (χ3n) is 2.41. The number of rotatable bonds is 4.